The van der Waals surface area contributed by atoms with Crippen molar-refractivity contribution >= 4 is 23.2 Å². The maximum atomic E-state index is 12.6. The van der Waals surface area contributed by atoms with Gasteiger partial charge in [0.25, 0.3) is 11.5 Å². The van der Waals surface area contributed by atoms with E-state index in [1.54, 1.807) is 31.2 Å². The smallest absolute Gasteiger partial charge is 0.259 e. The van der Waals surface area contributed by atoms with Gasteiger partial charge in [-0.25, -0.2) is 4.68 Å². The minimum absolute atomic E-state index is 0.252. The van der Waals surface area contributed by atoms with E-state index >= 15 is 0 Å². The molecule has 4 aromatic rings. The first-order chi connectivity index (χ1) is 13.0. The van der Waals surface area contributed by atoms with Gasteiger partial charge in [0.1, 0.15) is 0 Å². The number of pyridine rings is 1. The van der Waals surface area contributed by atoms with Crippen LogP contribution in [0, 0.1) is 0 Å². The number of rotatable bonds is 4. The summed E-state index contributed by atoms with van der Waals surface area (Å²) in [4.78, 5) is 30.0. The number of amides is 1. The molecule has 1 N–H and O–H groups in total. The molecule has 4 aromatic heterocycles. The molecule has 0 aliphatic carbocycles. The highest BCUT2D eigenvalue weighted by molar-refractivity contribution is 7.13. The zero-order valence-corrected chi connectivity index (χ0v) is 15.3. The fraction of sp³-hybridized carbons (Fsp3) is 0.118. The Kier molecular flexibility index (Phi) is 4.16. The van der Waals surface area contributed by atoms with Gasteiger partial charge in [0.05, 0.1) is 22.3 Å². The summed E-state index contributed by atoms with van der Waals surface area (Å²) < 4.78 is 4.46. The molecule has 9 nitrogen and oxygen atoms in total. The maximum absolute atomic E-state index is 12.6. The van der Waals surface area contributed by atoms with Crippen molar-refractivity contribution in [3.8, 4) is 16.4 Å². The van der Waals surface area contributed by atoms with Gasteiger partial charge >= 0.3 is 0 Å². The Hall–Kier alpha value is -3.53. The fourth-order valence-electron chi connectivity index (χ4n) is 2.53. The van der Waals surface area contributed by atoms with Gasteiger partial charge in [-0.1, -0.05) is 6.07 Å². The Balaban J connectivity index is 1.62. The van der Waals surface area contributed by atoms with Gasteiger partial charge in [-0.05, 0) is 17.5 Å². The molecule has 0 unspecified atom stereocenters. The van der Waals surface area contributed by atoms with E-state index in [1.165, 1.54) is 38.9 Å². The SMILES string of the molecule is Cn1cc(-n2cc(C(=O)Nc3nc(-c4cccs4)nn3C)ccc2=O)cn1. The first-order valence-electron chi connectivity index (χ1n) is 7.99. The minimum atomic E-state index is -0.388. The van der Waals surface area contributed by atoms with Crippen LogP contribution in [0.3, 0.4) is 0 Å². The van der Waals surface area contributed by atoms with Crippen molar-refractivity contribution in [1.82, 2.24) is 29.1 Å². The van der Waals surface area contributed by atoms with Crippen LogP contribution in [0.25, 0.3) is 16.4 Å². The monoisotopic (exact) mass is 381 g/mol. The third kappa shape index (κ3) is 3.29. The number of aryl methyl sites for hydroxylation is 2. The Morgan fingerprint density at radius 2 is 2.04 bits per heavy atom. The van der Waals surface area contributed by atoms with E-state index in [0.29, 0.717) is 23.0 Å². The lowest BCUT2D eigenvalue weighted by molar-refractivity contribution is 0.102. The summed E-state index contributed by atoms with van der Waals surface area (Å²) in [7, 11) is 3.46. The van der Waals surface area contributed by atoms with Crippen LogP contribution in [0.2, 0.25) is 0 Å². The van der Waals surface area contributed by atoms with Gasteiger partial charge in [-0.3, -0.25) is 24.2 Å². The number of anilines is 1. The zero-order chi connectivity index (χ0) is 19.0. The number of hydrogen-bond acceptors (Lipinski definition) is 6. The summed E-state index contributed by atoms with van der Waals surface area (Å²) in [5.74, 6) is 0.478. The molecule has 0 fully saturated rings. The summed E-state index contributed by atoms with van der Waals surface area (Å²) >= 11 is 1.52. The normalized spacial score (nSPS) is 10.9. The van der Waals surface area contributed by atoms with E-state index < -0.39 is 0 Å². The second kappa shape index (κ2) is 6.65. The first kappa shape index (κ1) is 16.9. The van der Waals surface area contributed by atoms with E-state index in [1.807, 2.05) is 17.5 Å². The van der Waals surface area contributed by atoms with E-state index in [2.05, 4.69) is 20.5 Å². The maximum Gasteiger partial charge on any atom is 0.259 e. The van der Waals surface area contributed by atoms with Crippen LogP contribution < -0.4 is 10.9 Å². The predicted molar refractivity (Wildman–Crippen MR) is 101 cm³/mol. The number of carbonyl (C=O) groups excluding carboxylic acids is 1. The predicted octanol–water partition coefficient (Wildman–Crippen LogP) is 1.68. The van der Waals surface area contributed by atoms with Gasteiger partial charge in [-0.15, -0.1) is 16.4 Å². The summed E-state index contributed by atoms with van der Waals surface area (Å²) in [6.45, 7) is 0. The van der Waals surface area contributed by atoms with Crippen molar-refractivity contribution in [3.63, 3.8) is 0 Å². The molecule has 0 spiro atoms. The Morgan fingerprint density at radius 3 is 2.74 bits per heavy atom. The highest BCUT2D eigenvalue weighted by Crippen LogP contribution is 2.22. The van der Waals surface area contributed by atoms with Crippen molar-refractivity contribution in [1.29, 1.82) is 0 Å². The Morgan fingerprint density at radius 1 is 1.19 bits per heavy atom. The van der Waals surface area contributed by atoms with Crippen LogP contribution in [0.1, 0.15) is 10.4 Å². The van der Waals surface area contributed by atoms with Crippen LogP contribution in [-0.2, 0) is 14.1 Å². The molecule has 0 aliphatic heterocycles. The van der Waals surface area contributed by atoms with E-state index in [9.17, 15) is 9.59 Å². The third-order valence-electron chi connectivity index (χ3n) is 3.87. The molecule has 0 saturated heterocycles. The van der Waals surface area contributed by atoms with Crippen LogP contribution in [-0.4, -0.2) is 35.0 Å². The number of aromatic nitrogens is 6. The summed E-state index contributed by atoms with van der Waals surface area (Å²) in [5.41, 5.74) is 0.646. The number of thiophene rings is 1. The minimum Gasteiger partial charge on any atom is -0.291 e. The Labute approximate surface area is 157 Å². The molecule has 27 heavy (non-hydrogen) atoms. The van der Waals surface area contributed by atoms with Crippen LogP contribution in [0.15, 0.2) is 53.0 Å². The number of nitrogens with zero attached hydrogens (tertiary/aromatic N) is 6. The standard InChI is InChI=1S/C17H15N7O2S/c1-22-10-12(8-18-22)24-9-11(5-6-14(24)25)16(26)20-17-19-15(21-23(17)2)13-4-3-7-27-13/h3-10H,1-2H3,(H,19,20,21,26). The van der Waals surface area contributed by atoms with Gasteiger partial charge in [0.2, 0.25) is 5.95 Å². The average molecular weight is 381 g/mol. The average Bonchev–Trinajstić information content (AvgIpc) is 3.37. The highest BCUT2D eigenvalue weighted by Gasteiger charge is 2.15. The first-order valence-corrected chi connectivity index (χ1v) is 8.87. The molecule has 10 heteroatoms. The quantitative estimate of drug-likeness (QED) is 0.580. The summed E-state index contributed by atoms with van der Waals surface area (Å²) in [6.07, 6.45) is 4.73. The molecule has 1 amide bonds. The van der Waals surface area contributed by atoms with Gasteiger partial charge in [-0.2, -0.15) is 10.1 Å². The molecular formula is C17H15N7O2S. The molecular weight excluding hydrogens is 366 g/mol. The lowest BCUT2D eigenvalue weighted by Gasteiger charge is -2.06. The number of hydrogen-bond donors (Lipinski definition) is 1. The van der Waals surface area contributed by atoms with E-state index in [0.717, 1.165) is 4.88 Å². The number of carbonyl (C=O) groups is 1. The zero-order valence-electron chi connectivity index (χ0n) is 14.5. The Bertz CT molecular complexity index is 1170. The van der Waals surface area contributed by atoms with Crippen molar-refractivity contribution in [2.45, 2.75) is 0 Å². The lowest BCUT2D eigenvalue weighted by atomic mass is 10.2. The molecule has 0 bridgehead atoms. The van der Waals surface area contributed by atoms with E-state index in [-0.39, 0.29) is 11.5 Å². The van der Waals surface area contributed by atoms with Gasteiger partial charge in [0.15, 0.2) is 5.82 Å². The highest BCUT2D eigenvalue weighted by atomic mass is 32.1. The molecule has 0 aliphatic rings. The molecule has 0 radical (unpaired) electrons. The third-order valence-corrected chi connectivity index (χ3v) is 4.74. The van der Waals surface area contributed by atoms with Crippen LogP contribution in [0.5, 0.6) is 0 Å². The molecule has 4 heterocycles. The van der Waals surface area contributed by atoms with Crippen molar-refractivity contribution in [3.05, 3.63) is 64.2 Å². The van der Waals surface area contributed by atoms with E-state index in [4.69, 9.17) is 0 Å². The van der Waals surface area contributed by atoms with Crippen molar-refractivity contribution in [2.24, 2.45) is 14.1 Å². The lowest BCUT2D eigenvalue weighted by Crippen LogP contribution is -2.21. The van der Waals surface area contributed by atoms with Crippen molar-refractivity contribution < 1.29 is 4.79 Å². The largest absolute Gasteiger partial charge is 0.291 e. The molecule has 136 valence electrons. The molecule has 0 atom stereocenters. The van der Waals surface area contributed by atoms with Crippen LogP contribution >= 0.6 is 11.3 Å². The molecule has 0 saturated carbocycles. The number of nitrogens with one attached hydrogen (secondary N) is 1. The summed E-state index contributed by atoms with van der Waals surface area (Å²) in [5, 5.41) is 13.0. The molecule has 0 aromatic carbocycles. The van der Waals surface area contributed by atoms with Crippen LogP contribution in [0.4, 0.5) is 5.95 Å². The second-order valence-corrected chi connectivity index (χ2v) is 6.76. The second-order valence-electron chi connectivity index (χ2n) is 5.81. The fourth-order valence-corrected chi connectivity index (χ4v) is 3.19. The van der Waals surface area contributed by atoms with Gasteiger partial charge < -0.3 is 0 Å². The molecule has 4 rings (SSSR count). The topological polar surface area (TPSA) is 99.6 Å². The summed E-state index contributed by atoms with van der Waals surface area (Å²) in [6, 6.07) is 6.64. The van der Waals surface area contributed by atoms with Gasteiger partial charge in [0, 0.05) is 32.6 Å². The van der Waals surface area contributed by atoms with Crippen molar-refractivity contribution in [2.75, 3.05) is 5.32 Å².